The topological polar surface area (TPSA) is 85.8 Å². The molecule has 0 aliphatic carbocycles. The van der Waals surface area contributed by atoms with Gasteiger partial charge in [0.05, 0.1) is 23.9 Å². The standard InChI is InChI=1S/C20H19N5O2/c1-14(9-15-5-4-8-21-11-15)23-20(26)18-10-16(27-24-18)12-25-13-22-17-6-2-3-7-19(17)25/h2-8,10-11,13-14H,9,12H2,1H3,(H,23,26)/t14-/m1/s1. The Hall–Kier alpha value is -3.48. The number of pyridine rings is 1. The molecule has 0 aliphatic rings. The van der Waals surface area contributed by atoms with Gasteiger partial charge in [-0.25, -0.2) is 4.98 Å². The van der Waals surface area contributed by atoms with Crippen molar-refractivity contribution in [3.63, 3.8) is 0 Å². The number of amides is 1. The molecule has 1 atom stereocenters. The molecule has 0 spiro atoms. The van der Waals surface area contributed by atoms with E-state index in [4.69, 9.17) is 4.52 Å². The van der Waals surface area contributed by atoms with Crippen molar-refractivity contribution in [3.8, 4) is 0 Å². The minimum atomic E-state index is -0.253. The van der Waals surface area contributed by atoms with Crippen molar-refractivity contribution in [2.75, 3.05) is 0 Å². The summed E-state index contributed by atoms with van der Waals surface area (Å²) in [7, 11) is 0. The third-order valence-corrected chi connectivity index (χ3v) is 4.29. The van der Waals surface area contributed by atoms with Gasteiger partial charge in [0.15, 0.2) is 11.5 Å². The lowest BCUT2D eigenvalue weighted by atomic mass is 10.1. The highest BCUT2D eigenvalue weighted by Crippen LogP contribution is 2.14. The number of hydrogen-bond donors (Lipinski definition) is 1. The minimum Gasteiger partial charge on any atom is -0.359 e. The first kappa shape index (κ1) is 17.0. The van der Waals surface area contributed by atoms with Gasteiger partial charge < -0.3 is 14.4 Å². The van der Waals surface area contributed by atoms with E-state index in [0.29, 0.717) is 18.7 Å². The number of nitrogens with one attached hydrogen (secondary N) is 1. The van der Waals surface area contributed by atoms with E-state index in [9.17, 15) is 4.79 Å². The van der Waals surface area contributed by atoms with Crippen LogP contribution in [0.3, 0.4) is 0 Å². The number of nitrogens with zero attached hydrogens (tertiary/aromatic N) is 4. The van der Waals surface area contributed by atoms with Crippen LogP contribution in [0.4, 0.5) is 0 Å². The largest absolute Gasteiger partial charge is 0.359 e. The van der Waals surface area contributed by atoms with E-state index in [-0.39, 0.29) is 17.6 Å². The number of hydrogen-bond acceptors (Lipinski definition) is 5. The average Bonchev–Trinajstić information content (AvgIpc) is 3.30. The molecule has 0 radical (unpaired) electrons. The number of imidazole rings is 1. The van der Waals surface area contributed by atoms with Crippen LogP contribution in [-0.2, 0) is 13.0 Å². The molecule has 7 heteroatoms. The van der Waals surface area contributed by atoms with Crippen LogP contribution in [0.5, 0.6) is 0 Å². The van der Waals surface area contributed by atoms with Crippen LogP contribution in [0.15, 0.2) is 65.7 Å². The molecule has 0 saturated heterocycles. The first-order valence-electron chi connectivity index (χ1n) is 8.74. The zero-order chi connectivity index (χ0) is 18.6. The van der Waals surface area contributed by atoms with Crippen molar-refractivity contribution in [3.05, 3.63) is 78.2 Å². The fourth-order valence-corrected chi connectivity index (χ4v) is 3.02. The Morgan fingerprint density at radius 2 is 2.15 bits per heavy atom. The number of fused-ring (bicyclic) bond motifs is 1. The number of rotatable bonds is 6. The fraction of sp³-hybridized carbons (Fsp3) is 0.200. The van der Waals surface area contributed by atoms with Gasteiger partial charge in [-0.1, -0.05) is 23.4 Å². The predicted octanol–water partition coefficient (Wildman–Crippen LogP) is 2.83. The zero-order valence-electron chi connectivity index (χ0n) is 14.9. The third-order valence-electron chi connectivity index (χ3n) is 4.29. The molecule has 0 saturated carbocycles. The summed E-state index contributed by atoms with van der Waals surface area (Å²) in [6.45, 7) is 2.41. The molecule has 27 heavy (non-hydrogen) atoms. The lowest BCUT2D eigenvalue weighted by Crippen LogP contribution is -2.34. The third kappa shape index (κ3) is 3.87. The van der Waals surface area contributed by atoms with Crippen LogP contribution < -0.4 is 5.32 Å². The molecule has 1 aromatic carbocycles. The SMILES string of the molecule is C[C@H](Cc1cccnc1)NC(=O)c1cc(Cn2cnc3ccccc32)on1. The number of benzene rings is 1. The molecule has 0 bridgehead atoms. The van der Waals surface area contributed by atoms with E-state index in [2.05, 4.69) is 20.4 Å². The van der Waals surface area contributed by atoms with Gasteiger partial charge >= 0.3 is 0 Å². The van der Waals surface area contributed by atoms with Crippen LogP contribution in [0.2, 0.25) is 0 Å². The quantitative estimate of drug-likeness (QED) is 0.571. The van der Waals surface area contributed by atoms with E-state index >= 15 is 0 Å². The summed E-state index contributed by atoms with van der Waals surface area (Å²) in [5.41, 5.74) is 3.26. The summed E-state index contributed by atoms with van der Waals surface area (Å²) >= 11 is 0. The van der Waals surface area contributed by atoms with Crippen molar-refractivity contribution >= 4 is 16.9 Å². The minimum absolute atomic E-state index is 0.0422. The molecule has 3 aromatic heterocycles. The first-order valence-corrected chi connectivity index (χ1v) is 8.74. The molecule has 1 amide bonds. The van der Waals surface area contributed by atoms with Gasteiger partial charge in [-0.2, -0.15) is 0 Å². The van der Waals surface area contributed by atoms with Gasteiger partial charge in [-0.15, -0.1) is 0 Å². The monoisotopic (exact) mass is 361 g/mol. The number of carbonyl (C=O) groups excluding carboxylic acids is 1. The summed E-state index contributed by atoms with van der Waals surface area (Å²) in [6.07, 6.45) is 5.98. The molecule has 136 valence electrons. The molecule has 1 N–H and O–H groups in total. The highest BCUT2D eigenvalue weighted by molar-refractivity contribution is 5.92. The van der Waals surface area contributed by atoms with Crippen molar-refractivity contribution in [2.24, 2.45) is 0 Å². The maximum absolute atomic E-state index is 12.4. The van der Waals surface area contributed by atoms with Crippen molar-refractivity contribution in [1.29, 1.82) is 0 Å². The molecule has 0 fully saturated rings. The summed E-state index contributed by atoms with van der Waals surface area (Å²) < 4.78 is 7.30. The lowest BCUT2D eigenvalue weighted by Gasteiger charge is -2.12. The van der Waals surface area contributed by atoms with Crippen LogP contribution in [0.25, 0.3) is 11.0 Å². The molecule has 0 unspecified atom stereocenters. The molecular formula is C20H19N5O2. The van der Waals surface area contributed by atoms with Gasteiger partial charge in [0.2, 0.25) is 0 Å². The second kappa shape index (κ2) is 7.41. The second-order valence-corrected chi connectivity index (χ2v) is 6.48. The molecule has 4 rings (SSSR count). The zero-order valence-corrected chi connectivity index (χ0v) is 14.9. The Bertz CT molecular complexity index is 1050. The first-order chi connectivity index (χ1) is 13.2. The Morgan fingerprint density at radius 3 is 3.00 bits per heavy atom. The Kier molecular flexibility index (Phi) is 4.65. The van der Waals surface area contributed by atoms with E-state index in [1.165, 1.54) is 0 Å². The predicted molar refractivity (Wildman–Crippen MR) is 100 cm³/mol. The van der Waals surface area contributed by atoms with Gasteiger partial charge in [0, 0.05) is 24.5 Å². The van der Waals surface area contributed by atoms with Gasteiger partial charge in [0.1, 0.15) is 0 Å². The van der Waals surface area contributed by atoms with Crippen molar-refractivity contribution in [2.45, 2.75) is 25.9 Å². The smallest absolute Gasteiger partial charge is 0.273 e. The summed E-state index contributed by atoms with van der Waals surface area (Å²) in [6, 6.07) is 13.3. The molecule has 7 nitrogen and oxygen atoms in total. The normalized spacial score (nSPS) is 12.2. The second-order valence-electron chi connectivity index (χ2n) is 6.48. The van der Waals surface area contributed by atoms with Crippen LogP contribution >= 0.6 is 0 Å². The summed E-state index contributed by atoms with van der Waals surface area (Å²) in [5.74, 6) is 0.347. The highest BCUT2D eigenvalue weighted by Gasteiger charge is 2.16. The van der Waals surface area contributed by atoms with Crippen LogP contribution in [0, 0.1) is 0 Å². The summed E-state index contributed by atoms with van der Waals surface area (Å²) in [5, 5.41) is 6.84. The Morgan fingerprint density at radius 1 is 1.26 bits per heavy atom. The number of carbonyl (C=O) groups is 1. The van der Waals surface area contributed by atoms with Gasteiger partial charge in [0.25, 0.3) is 5.91 Å². The maximum Gasteiger partial charge on any atom is 0.273 e. The maximum atomic E-state index is 12.4. The number of para-hydroxylation sites is 2. The van der Waals surface area contributed by atoms with Gasteiger partial charge in [-0.3, -0.25) is 9.78 Å². The highest BCUT2D eigenvalue weighted by atomic mass is 16.5. The molecular weight excluding hydrogens is 342 g/mol. The summed E-state index contributed by atoms with van der Waals surface area (Å²) in [4.78, 5) is 20.8. The van der Waals surface area contributed by atoms with Gasteiger partial charge in [-0.05, 0) is 37.1 Å². The Labute approximate surface area is 156 Å². The Balaban J connectivity index is 1.40. The molecule has 3 heterocycles. The lowest BCUT2D eigenvalue weighted by molar-refractivity contribution is 0.0931. The van der Waals surface area contributed by atoms with E-state index in [1.807, 2.05) is 47.9 Å². The van der Waals surface area contributed by atoms with E-state index < -0.39 is 0 Å². The molecule has 0 aliphatic heterocycles. The van der Waals surface area contributed by atoms with Crippen LogP contribution in [-0.4, -0.2) is 31.6 Å². The van der Waals surface area contributed by atoms with E-state index in [1.54, 1.807) is 24.8 Å². The average molecular weight is 361 g/mol. The molecule has 4 aromatic rings. The van der Waals surface area contributed by atoms with Crippen LogP contribution in [0.1, 0.15) is 28.7 Å². The fourth-order valence-electron chi connectivity index (χ4n) is 3.02. The van der Waals surface area contributed by atoms with E-state index in [0.717, 1.165) is 16.6 Å². The number of aromatic nitrogens is 4. The van der Waals surface area contributed by atoms with Crippen molar-refractivity contribution < 1.29 is 9.32 Å². The van der Waals surface area contributed by atoms with Crippen molar-refractivity contribution in [1.82, 2.24) is 25.0 Å².